The number of nitrogens with zero attached hydrogens (tertiary/aromatic N) is 3. The third kappa shape index (κ3) is 3.62. The molecule has 0 spiro atoms. The second kappa shape index (κ2) is 7.01. The van der Waals surface area contributed by atoms with Crippen molar-refractivity contribution < 1.29 is 18.7 Å². The van der Waals surface area contributed by atoms with E-state index in [0.717, 1.165) is 36.6 Å². The van der Waals surface area contributed by atoms with Gasteiger partial charge in [-0.15, -0.1) is 0 Å². The zero-order valence-electron chi connectivity index (χ0n) is 14.6. The van der Waals surface area contributed by atoms with Crippen molar-refractivity contribution in [1.82, 2.24) is 15.0 Å². The predicted octanol–water partition coefficient (Wildman–Crippen LogP) is 2.50. The van der Waals surface area contributed by atoms with Gasteiger partial charge >= 0.3 is 0 Å². The summed E-state index contributed by atoms with van der Waals surface area (Å²) in [6.07, 6.45) is 0.788. The number of aromatic nitrogens is 2. The van der Waals surface area contributed by atoms with Gasteiger partial charge in [0.2, 0.25) is 0 Å². The molecule has 1 aromatic carbocycles. The number of ether oxygens (including phenoxy) is 3. The molecule has 1 aromatic heterocycles. The lowest BCUT2D eigenvalue weighted by atomic mass is 10.1. The molecule has 0 unspecified atom stereocenters. The molecule has 1 saturated heterocycles. The van der Waals surface area contributed by atoms with Crippen molar-refractivity contribution in [3.8, 4) is 11.5 Å². The highest BCUT2D eigenvalue weighted by molar-refractivity contribution is 5.47. The first-order chi connectivity index (χ1) is 12.2. The molecule has 0 N–H and O–H groups in total. The van der Waals surface area contributed by atoms with Crippen LogP contribution in [0.2, 0.25) is 0 Å². The highest BCUT2D eigenvalue weighted by Crippen LogP contribution is 2.35. The highest BCUT2D eigenvalue weighted by Gasteiger charge is 2.31. The molecule has 4 rings (SSSR count). The van der Waals surface area contributed by atoms with Crippen LogP contribution < -0.4 is 9.47 Å². The third-order valence-corrected chi connectivity index (χ3v) is 4.40. The molecular weight excluding hydrogens is 322 g/mol. The number of fused-ring (bicyclic) bond motifs is 1. The van der Waals surface area contributed by atoms with Crippen molar-refractivity contribution >= 4 is 0 Å². The molecule has 0 saturated carbocycles. The Morgan fingerprint density at radius 2 is 2.08 bits per heavy atom. The number of aryl methyl sites for hydroxylation is 1. The Balaban J connectivity index is 1.52. The third-order valence-electron chi connectivity index (χ3n) is 4.40. The van der Waals surface area contributed by atoms with Gasteiger partial charge in [-0.05, 0) is 19.9 Å². The average Bonchev–Trinajstić information content (AvgIpc) is 2.88. The molecule has 0 radical (unpaired) electrons. The van der Waals surface area contributed by atoms with Crippen LogP contribution in [-0.2, 0) is 11.3 Å². The average molecular weight is 345 g/mol. The van der Waals surface area contributed by atoms with E-state index in [9.17, 15) is 0 Å². The van der Waals surface area contributed by atoms with E-state index in [1.165, 1.54) is 0 Å². The molecule has 2 aromatic rings. The summed E-state index contributed by atoms with van der Waals surface area (Å²) < 4.78 is 23.0. The first kappa shape index (κ1) is 16.4. The maximum atomic E-state index is 5.99. The molecule has 2 aliphatic heterocycles. The van der Waals surface area contributed by atoms with E-state index in [-0.39, 0.29) is 12.2 Å². The zero-order valence-corrected chi connectivity index (χ0v) is 14.6. The van der Waals surface area contributed by atoms with E-state index in [1.807, 2.05) is 19.1 Å². The van der Waals surface area contributed by atoms with Crippen LogP contribution in [-0.4, -0.2) is 47.4 Å². The van der Waals surface area contributed by atoms with Gasteiger partial charge in [0.25, 0.3) is 5.89 Å². The minimum Gasteiger partial charge on any atom is -0.490 e. The fourth-order valence-corrected chi connectivity index (χ4v) is 3.37. The Bertz CT molecular complexity index is 733. The maximum absolute atomic E-state index is 5.99. The minimum atomic E-state index is -0.204. The normalized spacial score (nSPS) is 24.1. The number of morpholine rings is 1. The molecule has 2 atom stereocenters. The van der Waals surface area contributed by atoms with Crippen LogP contribution in [0.25, 0.3) is 0 Å². The van der Waals surface area contributed by atoms with Crippen molar-refractivity contribution in [2.45, 2.75) is 39.0 Å². The quantitative estimate of drug-likeness (QED) is 0.846. The van der Waals surface area contributed by atoms with Crippen LogP contribution in [0.5, 0.6) is 11.5 Å². The summed E-state index contributed by atoms with van der Waals surface area (Å²) in [5.74, 6) is 2.87. The topological polar surface area (TPSA) is 69.9 Å². The summed E-state index contributed by atoms with van der Waals surface area (Å²) in [5, 5.41) is 3.87. The molecule has 0 aliphatic carbocycles. The van der Waals surface area contributed by atoms with E-state index in [2.05, 4.69) is 28.0 Å². The fourth-order valence-electron chi connectivity index (χ4n) is 3.37. The van der Waals surface area contributed by atoms with E-state index in [0.29, 0.717) is 31.5 Å². The van der Waals surface area contributed by atoms with Crippen molar-refractivity contribution in [2.24, 2.45) is 0 Å². The van der Waals surface area contributed by atoms with Crippen LogP contribution in [0.3, 0.4) is 0 Å². The molecule has 25 heavy (non-hydrogen) atoms. The summed E-state index contributed by atoms with van der Waals surface area (Å²) in [6.45, 7) is 7.58. The Hall–Kier alpha value is -2.12. The van der Waals surface area contributed by atoms with Gasteiger partial charge in [-0.3, -0.25) is 4.90 Å². The van der Waals surface area contributed by atoms with Crippen molar-refractivity contribution in [3.05, 3.63) is 35.5 Å². The SMILES string of the molecule is Cc1noc([C@H]2CN(Cc3cccc4c3OCCCO4)C[C@@H](C)O2)n1. The predicted molar refractivity (Wildman–Crippen MR) is 89.6 cm³/mol. The van der Waals surface area contributed by atoms with Gasteiger partial charge in [0.05, 0.1) is 19.3 Å². The van der Waals surface area contributed by atoms with E-state index in [1.54, 1.807) is 0 Å². The van der Waals surface area contributed by atoms with Crippen LogP contribution in [0, 0.1) is 6.92 Å². The van der Waals surface area contributed by atoms with E-state index < -0.39 is 0 Å². The lowest BCUT2D eigenvalue weighted by molar-refractivity contribution is -0.0931. The van der Waals surface area contributed by atoms with Gasteiger partial charge in [0, 0.05) is 31.6 Å². The van der Waals surface area contributed by atoms with E-state index >= 15 is 0 Å². The van der Waals surface area contributed by atoms with Crippen molar-refractivity contribution in [1.29, 1.82) is 0 Å². The summed E-state index contributed by atoms with van der Waals surface area (Å²) in [6, 6.07) is 6.08. The van der Waals surface area contributed by atoms with E-state index in [4.69, 9.17) is 18.7 Å². The van der Waals surface area contributed by atoms with Crippen LogP contribution >= 0.6 is 0 Å². The molecule has 0 amide bonds. The molecule has 1 fully saturated rings. The first-order valence-corrected chi connectivity index (χ1v) is 8.74. The fraction of sp³-hybridized carbons (Fsp3) is 0.556. The van der Waals surface area contributed by atoms with Crippen molar-refractivity contribution in [3.63, 3.8) is 0 Å². The highest BCUT2D eigenvalue weighted by atomic mass is 16.5. The second-order valence-electron chi connectivity index (χ2n) is 6.60. The lowest BCUT2D eigenvalue weighted by Gasteiger charge is -2.35. The van der Waals surface area contributed by atoms with Crippen LogP contribution in [0.15, 0.2) is 22.7 Å². The number of rotatable bonds is 3. The molecule has 7 nitrogen and oxygen atoms in total. The second-order valence-corrected chi connectivity index (χ2v) is 6.60. The molecule has 7 heteroatoms. The summed E-state index contributed by atoms with van der Waals surface area (Å²) in [5.41, 5.74) is 1.13. The Kier molecular flexibility index (Phi) is 4.59. The van der Waals surface area contributed by atoms with Gasteiger partial charge in [-0.2, -0.15) is 4.98 Å². The number of hydrogen-bond acceptors (Lipinski definition) is 7. The molecule has 2 aliphatic rings. The minimum absolute atomic E-state index is 0.0884. The summed E-state index contributed by atoms with van der Waals surface area (Å²) >= 11 is 0. The van der Waals surface area contributed by atoms with Gasteiger partial charge in [0.1, 0.15) is 6.10 Å². The summed E-state index contributed by atoms with van der Waals surface area (Å²) in [4.78, 5) is 6.65. The standard InChI is InChI=1S/C18H23N3O4/c1-12-9-21(11-16(24-12)18-19-13(2)20-25-18)10-14-5-3-6-15-17(14)23-8-4-7-22-15/h3,5-6,12,16H,4,7-11H2,1-2H3/t12-,16-/m1/s1. The smallest absolute Gasteiger partial charge is 0.257 e. The largest absolute Gasteiger partial charge is 0.490 e. The molecule has 0 bridgehead atoms. The molecule has 134 valence electrons. The Morgan fingerprint density at radius 3 is 2.92 bits per heavy atom. The van der Waals surface area contributed by atoms with Gasteiger partial charge in [-0.1, -0.05) is 17.3 Å². The Morgan fingerprint density at radius 1 is 1.20 bits per heavy atom. The number of hydrogen-bond donors (Lipinski definition) is 0. The van der Waals surface area contributed by atoms with Crippen molar-refractivity contribution in [2.75, 3.05) is 26.3 Å². The summed E-state index contributed by atoms with van der Waals surface area (Å²) in [7, 11) is 0. The first-order valence-electron chi connectivity index (χ1n) is 8.74. The monoisotopic (exact) mass is 345 g/mol. The number of para-hydroxylation sites is 1. The molecule has 3 heterocycles. The van der Waals surface area contributed by atoms with Gasteiger partial charge < -0.3 is 18.7 Å². The van der Waals surface area contributed by atoms with Crippen LogP contribution in [0.4, 0.5) is 0 Å². The van der Waals surface area contributed by atoms with Crippen LogP contribution in [0.1, 0.15) is 36.7 Å². The molecular formula is C18H23N3O4. The lowest BCUT2D eigenvalue weighted by Crippen LogP contribution is -2.42. The zero-order chi connectivity index (χ0) is 17.2. The number of benzene rings is 1. The Labute approximate surface area is 146 Å². The maximum Gasteiger partial charge on any atom is 0.257 e. The van der Waals surface area contributed by atoms with Gasteiger partial charge in [-0.25, -0.2) is 0 Å². The van der Waals surface area contributed by atoms with Gasteiger partial charge in [0.15, 0.2) is 17.3 Å².